The van der Waals surface area contributed by atoms with E-state index >= 15 is 0 Å². The van der Waals surface area contributed by atoms with Crippen molar-refractivity contribution in [1.29, 1.82) is 0 Å². The summed E-state index contributed by atoms with van der Waals surface area (Å²) < 4.78 is 10.4. The van der Waals surface area contributed by atoms with Gasteiger partial charge in [-0.3, -0.25) is 4.79 Å². The molecule has 100 valence electrons. The summed E-state index contributed by atoms with van der Waals surface area (Å²) in [6.07, 6.45) is 5.97. The van der Waals surface area contributed by atoms with Crippen LogP contribution in [-0.4, -0.2) is 38.9 Å². The maximum atomic E-state index is 11.4. The fraction of sp³-hybridized carbons (Fsp3) is 0.923. The zero-order valence-electron chi connectivity index (χ0n) is 11.0. The minimum atomic E-state index is -0.228. The van der Waals surface area contributed by atoms with E-state index in [9.17, 15) is 4.79 Å². The van der Waals surface area contributed by atoms with E-state index in [1.54, 1.807) is 0 Å². The minimum Gasteiger partial charge on any atom is -0.468 e. The lowest BCUT2D eigenvalue weighted by atomic mass is 10.1. The van der Waals surface area contributed by atoms with Gasteiger partial charge in [0.1, 0.15) is 6.04 Å². The quantitative estimate of drug-likeness (QED) is 0.521. The monoisotopic (exact) mass is 243 g/mol. The second-order valence-corrected chi connectivity index (χ2v) is 4.65. The number of carbonyl (C=O) groups excluding carboxylic acids is 1. The van der Waals surface area contributed by atoms with Gasteiger partial charge < -0.3 is 14.8 Å². The largest absolute Gasteiger partial charge is 0.468 e. The lowest BCUT2D eigenvalue weighted by molar-refractivity contribution is -0.143. The molecule has 0 aromatic rings. The number of nitrogens with one attached hydrogen (secondary N) is 1. The average molecular weight is 243 g/mol. The molecule has 0 saturated heterocycles. The van der Waals surface area contributed by atoms with Crippen LogP contribution in [0.2, 0.25) is 0 Å². The fourth-order valence-electron chi connectivity index (χ4n) is 2.32. The number of carbonyl (C=O) groups is 1. The van der Waals surface area contributed by atoms with Crippen LogP contribution in [0.3, 0.4) is 0 Å². The average Bonchev–Trinajstić information content (AvgIpc) is 2.85. The van der Waals surface area contributed by atoms with E-state index < -0.39 is 0 Å². The number of rotatable bonds is 8. The molecule has 1 rings (SSSR count). The molecule has 1 aliphatic rings. The van der Waals surface area contributed by atoms with Crippen LogP contribution in [-0.2, 0) is 14.3 Å². The molecule has 0 radical (unpaired) electrons. The van der Waals surface area contributed by atoms with Gasteiger partial charge in [-0.1, -0.05) is 19.8 Å². The molecule has 1 unspecified atom stereocenters. The Morgan fingerprint density at radius 3 is 2.71 bits per heavy atom. The van der Waals surface area contributed by atoms with Crippen LogP contribution in [0.1, 0.15) is 39.0 Å². The van der Waals surface area contributed by atoms with Gasteiger partial charge in [-0.25, -0.2) is 0 Å². The lowest BCUT2D eigenvalue weighted by Crippen LogP contribution is -2.38. The Balaban J connectivity index is 2.10. The third-order valence-corrected chi connectivity index (χ3v) is 3.32. The van der Waals surface area contributed by atoms with Crippen LogP contribution in [0, 0.1) is 5.92 Å². The summed E-state index contributed by atoms with van der Waals surface area (Å²) in [5, 5.41) is 3.11. The van der Waals surface area contributed by atoms with Crippen molar-refractivity contribution in [1.82, 2.24) is 5.32 Å². The summed E-state index contributed by atoms with van der Waals surface area (Å²) in [7, 11) is 1.42. The number of methoxy groups -OCH3 is 1. The second kappa shape index (κ2) is 8.48. The van der Waals surface area contributed by atoms with E-state index in [-0.39, 0.29) is 12.0 Å². The van der Waals surface area contributed by atoms with Crippen LogP contribution >= 0.6 is 0 Å². The number of esters is 1. The van der Waals surface area contributed by atoms with Gasteiger partial charge >= 0.3 is 5.97 Å². The predicted molar refractivity (Wildman–Crippen MR) is 66.9 cm³/mol. The molecule has 1 aliphatic carbocycles. The van der Waals surface area contributed by atoms with E-state index in [2.05, 4.69) is 5.32 Å². The summed E-state index contributed by atoms with van der Waals surface area (Å²) >= 11 is 0. The zero-order chi connectivity index (χ0) is 12.5. The summed E-state index contributed by atoms with van der Waals surface area (Å²) in [6, 6.07) is -0.228. The number of hydrogen-bond acceptors (Lipinski definition) is 4. The Morgan fingerprint density at radius 1 is 1.41 bits per heavy atom. The Hall–Kier alpha value is -0.610. The molecule has 4 heteroatoms. The third kappa shape index (κ3) is 5.50. The van der Waals surface area contributed by atoms with Crippen LogP contribution in [0.25, 0.3) is 0 Å². The van der Waals surface area contributed by atoms with Gasteiger partial charge in [0.05, 0.1) is 7.11 Å². The molecule has 0 spiro atoms. The first-order valence-corrected chi connectivity index (χ1v) is 6.66. The highest BCUT2D eigenvalue weighted by Crippen LogP contribution is 2.24. The first kappa shape index (κ1) is 14.5. The molecule has 1 saturated carbocycles. The number of ether oxygens (including phenoxy) is 2. The normalized spacial score (nSPS) is 18.2. The van der Waals surface area contributed by atoms with E-state index in [1.165, 1.54) is 32.8 Å². The second-order valence-electron chi connectivity index (χ2n) is 4.65. The van der Waals surface area contributed by atoms with Crippen LogP contribution < -0.4 is 5.32 Å². The molecular weight excluding hydrogens is 218 g/mol. The smallest absolute Gasteiger partial charge is 0.322 e. The number of likely N-dealkylation sites (N-methyl/N-ethyl adjacent to an activating group) is 1. The highest BCUT2D eigenvalue weighted by atomic mass is 16.5. The van der Waals surface area contributed by atoms with Crippen molar-refractivity contribution < 1.29 is 14.3 Å². The van der Waals surface area contributed by atoms with Gasteiger partial charge in [0.2, 0.25) is 0 Å². The molecule has 0 aliphatic heterocycles. The first-order chi connectivity index (χ1) is 8.27. The topological polar surface area (TPSA) is 47.6 Å². The molecule has 1 N–H and O–H groups in total. The third-order valence-electron chi connectivity index (χ3n) is 3.32. The molecule has 1 atom stereocenters. The minimum absolute atomic E-state index is 0.198. The van der Waals surface area contributed by atoms with Crippen LogP contribution in [0.4, 0.5) is 0 Å². The standard InChI is InChI=1S/C13H25NO3/c1-3-14-12(13(15)16-2)8-9-17-10-11-6-4-5-7-11/h11-12,14H,3-10H2,1-2H3. The van der Waals surface area contributed by atoms with E-state index in [1.807, 2.05) is 6.92 Å². The SMILES string of the molecule is CCNC(CCOCC1CCCC1)C(=O)OC. The first-order valence-electron chi connectivity index (χ1n) is 6.66. The Bertz CT molecular complexity index is 215. The van der Waals surface area contributed by atoms with Gasteiger partial charge in [-0.15, -0.1) is 0 Å². The van der Waals surface area contributed by atoms with Crippen molar-refractivity contribution in [3.8, 4) is 0 Å². The summed E-state index contributed by atoms with van der Waals surface area (Å²) in [4.78, 5) is 11.4. The van der Waals surface area contributed by atoms with Crippen LogP contribution in [0.15, 0.2) is 0 Å². The fourth-order valence-corrected chi connectivity index (χ4v) is 2.32. The maximum absolute atomic E-state index is 11.4. The molecular formula is C13H25NO3. The zero-order valence-corrected chi connectivity index (χ0v) is 11.0. The van der Waals surface area contributed by atoms with Gasteiger partial charge in [-0.05, 0) is 31.7 Å². The molecule has 0 aromatic heterocycles. The van der Waals surface area contributed by atoms with Crippen molar-refractivity contribution in [2.45, 2.75) is 45.1 Å². The Morgan fingerprint density at radius 2 is 2.12 bits per heavy atom. The molecule has 17 heavy (non-hydrogen) atoms. The van der Waals surface area contributed by atoms with E-state index in [0.29, 0.717) is 13.0 Å². The highest BCUT2D eigenvalue weighted by molar-refractivity contribution is 5.75. The van der Waals surface area contributed by atoms with Gasteiger partial charge in [0, 0.05) is 13.2 Å². The van der Waals surface area contributed by atoms with Crippen molar-refractivity contribution in [3.05, 3.63) is 0 Å². The summed E-state index contributed by atoms with van der Waals surface area (Å²) in [6.45, 7) is 4.22. The predicted octanol–water partition coefficient (Wildman–Crippen LogP) is 1.73. The van der Waals surface area contributed by atoms with Gasteiger partial charge in [0.25, 0.3) is 0 Å². The van der Waals surface area contributed by atoms with Gasteiger partial charge in [-0.2, -0.15) is 0 Å². The van der Waals surface area contributed by atoms with Crippen molar-refractivity contribution >= 4 is 5.97 Å². The summed E-state index contributed by atoms with van der Waals surface area (Å²) in [5.74, 6) is 0.544. The van der Waals surface area contributed by atoms with E-state index in [0.717, 1.165) is 19.1 Å². The molecule has 0 aromatic carbocycles. The molecule has 0 bridgehead atoms. The molecule has 0 heterocycles. The molecule has 0 amide bonds. The van der Waals surface area contributed by atoms with Crippen molar-refractivity contribution in [2.24, 2.45) is 5.92 Å². The van der Waals surface area contributed by atoms with Crippen molar-refractivity contribution in [2.75, 3.05) is 26.9 Å². The molecule has 1 fully saturated rings. The van der Waals surface area contributed by atoms with Crippen molar-refractivity contribution in [3.63, 3.8) is 0 Å². The van der Waals surface area contributed by atoms with Gasteiger partial charge in [0.15, 0.2) is 0 Å². The molecule has 4 nitrogen and oxygen atoms in total. The highest BCUT2D eigenvalue weighted by Gasteiger charge is 2.18. The maximum Gasteiger partial charge on any atom is 0.322 e. The Labute approximate surface area is 104 Å². The Kier molecular flexibility index (Phi) is 7.21. The lowest BCUT2D eigenvalue weighted by Gasteiger charge is -2.16. The van der Waals surface area contributed by atoms with E-state index in [4.69, 9.17) is 9.47 Å². The summed E-state index contributed by atoms with van der Waals surface area (Å²) in [5.41, 5.74) is 0. The number of hydrogen-bond donors (Lipinski definition) is 1. The van der Waals surface area contributed by atoms with Crippen LogP contribution in [0.5, 0.6) is 0 Å².